The second kappa shape index (κ2) is 4.47. The van der Waals surface area contributed by atoms with Gasteiger partial charge >= 0.3 is 0 Å². The first-order chi connectivity index (χ1) is 8.34. The summed E-state index contributed by atoms with van der Waals surface area (Å²) in [6.07, 6.45) is 5.32. The number of pyridine rings is 1. The van der Waals surface area contributed by atoms with Gasteiger partial charge in [0.1, 0.15) is 0 Å². The van der Waals surface area contributed by atoms with E-state index in [2.05, 4.69) is 23.4 Å². The molecule has 4 heteroatoms. The molecule has 17 heavy (non-hydrogen) atoms. The van der Waals surface area contributed by atoms with Crippen molar-refractivity contribution in [2.24, 2.45) is 0 Å². The summed E-state index contributed by atoms with van der Waals surface area (Å²) in [7, 11) is 0. The molecule has 1 aliphatic rings. The molecule has 2 aromatic heterocycles. The minimum atomic E-state index is 0.317. The predicted molar refractivity (Wildman–Crippen MR) is 65.9 cm³/mol. The van der Waals surface area contributed by atoms with Gasteiger partial charge in [0.05, 0.1) is 17.8 Å². The highest BCUT2D eigenvalue weighted by atomic mass is 16.5. The van der Waals surface area contributed by atoms with Crippen LogP contribution in [0.15, 0.2) is 30.6 Å². The van der Waals surface area contributed by atoms with E-state index in [-0.39, 0.29) is 0 Å². The van der Waals surface area contributed by atoms with E-state index in [0.717, 1.165) is 19.6 Å². The lowest BCUT2D eigenvalue weighted by Gasteiger charge is -2.15. The SMILES string of the molecule is CC1OCCC1NCc1cnn2ccccc12. The van der Waals surface area contributed by atoms with Gasteiger partial charge in [-0.25, -0.2) is 4.52 Å². The van der Waals surface area contributed by atoms with Gasteiger partial charge in [-0.15, -0.1) is 0 Å². The van der Waals surface area contributed by atoms with Crippen molar-refractivity contribution < 1.29 is 4.74 Å². The Bertz CT molecular complexity index is 508. The van der Waals surface area contributed by atoms with E-state index in [1.165, 1.54) is 11.1 Å². The first kappa shape index (κ1) is 10.7. The van der Waals surface area contributed by atoms with Crippen LogP contribution in [0.25, 0.3) is 5.52 Å². The molecule has 3 heterocycles. The summed E-state index contributed by atoms with van der Waals surface area (Å²) in [6, 6.07) is 6.60. The quantitative estimate of drug-likeness (QED) is 0.872. The number of hydrogen-bond acceptors (Lipinski definition) is 3. The van der Waals surface area contributed by atoms with Gasteiger partial charge in [-0.3, -0.25) is 0 Å². The van der Waals surface area contributed by atoms with Crippen LogP contribution in [-0.4, -0.2) is 28.4 Å². The topological polar surface area (TPSA) is 38.6 Å². The number of rotatable bonds is 3. The minimum absolute atomic E-state index is 0.317. The number of nitrogens with zero attached hydrogens (tertiary/aromatic N) is 2. The van der Waals surface area contributed by atoms with Gasteiger partial charge in [0, 0.05) is 31.0 Å². The smallest absolute Gasteiger partial charge is 0.0706 e. The van der Waals surface area contributed by atoms with E-state index in [0.29, 0.717) is 12.1 Å². The Kier molecular flexibility index (Phi) is 2.82. The molecule has 0 aliphatic carbocycles. The van der Waals surface area contributed by atoms with Gasteiger partial charge in [-0.1, -0.05) is 6.07 Å². The zero-order chi connectivity index (χ0) is 11.7. The van der Waals surface area contributed by atoms with Crippen molar-refractivity contribution in [3.05, 3.63) is 36.2 Å². The average molecular weight is 231 g/mol. The summed E-state index contributed by atoms with van der Waals surface area (Å²) >= 11 is 0. The molecule has 0 amide bonds. The summed E-state index contributed by atoms with van der Waals surface area (Å²) in [5.41, 5.74) is 2.41. The van der Waals surface area contributed by atoms with E-state index < -0.39 is 0 Å². The highest BCUT2D eigenvalue weighted by molar-refractivity contribution is 5.53. The van der Waals surface area contributed by atoms with Gasteiger partial charge in [0.15, 0.2) is 0 Å². The number of nitrogens with one attached hydrogen (secondary N) is 1. The van der Waals surface area contributed by atoms with Crippen molar-refractivity contribution in [2.75, 3.05) is 6.61 Å². The highest BCUT2D eigenvalue weighted by Gasteiger charge is 2.23. The Labute approximate surface area is 101 Å². The molecule has 1 saturated heterocycles. The summed E-state index contributed by atoms with van der Waals surface area (Å²) < 4.78 is 7.45. The lowest BCUT2D eigenvalue weighted by atomic mass is 10.1. The summed E-state index contributed by atoms with van der Waals surface area (Å²) in [4.78, 5) is 0. The highest BCUT2D eigenvalue weighted by Crippen LogP contribution is 2.15. The maximum absolute atomic E-state index is 5.54. The summed E-state index contributed by atoms with van der Waals surface area (Å²) in [6.45, 7) is 3.85. The third kappa shape index (κ3) is 2.06. The fourth-order valence-corrected chi connectivity index (χ4v) is 2.36. The Hall–Kier alpha value is -1.39. The number of fused-ring (bicyclic) bond motifs is 1. The number of hydrogen-bond donors (Lipinski definition) is 1. The lowest BCUT2D eigenvalue weighted by Crippen LogP contribution is -2.34. The fourth-order valence-electron chi connectivity index (χ4n) is 2.36. The van der Waals surface area contributed by atoms with Gasteiger partial charge in [-0.2, -0.15) is 5.10 Å². The Balaban J connectivity index is 1.72. The van der Waals surface area contributed by atoms with Gasteiger partial charge < -0.3 is 10.1 Å². The van der Waals surface area contributed by atoms with Crippen molar-refractivity contribution in [1.29, 1.82) is 0 Å². The largest absolute Gasteiger partial charge is 0.377 e. The number of aromatic nitrogens is 2. The molecule has 0 bridgehead atoms. The minimum Gasteiger partial charge on any atom is -0.377 e. The molecule has 0 saturated carbocycles. The molecule has 1 aliphatic heterocycles. The lowest BCUT2D eigenvalue weighted by molar-refractivity contribution is 0.113. The van der Waals surface area contributed by atoms with Crippen molar-refractivity contribution in [2.45, 2.75) is 32.0 Å². The first-order valence-electron chi connectivity index (χ1n) is 6.11. The molecular weight excluding hydrogens is 214 g/mol. The molecule has 0 aromatic carbocycles. The molecule has 3 rings (SSSR count). The second-order valence-electron chi connectivity index (χ2n) is 4.55. The van der Waals surface area contributed by atoms with Crippen molar-refractivity contribution in [1.82, 2.24) is 14.9 Å². The van der Waals surface area contributed by atoms with E-state index in [9.17, 15) is 0 Å². The molecule has 0 radical (unpaired) electrons. The predicted octanol–water partition coefficient (Wildman–Crippen LogP) is 1.60. The van der Waals surface area contributed by atoms with E-state index >= 15 is 0 Å². The van der Waals surface area contributed by atoms with Gasteiger partial charge in [-0.05, 0) is 25.5 Å². The van der Waals surface area contributed by atoms with Crippen LogP contribution in [0.5, 0.6) is 0 Å². The molecule has 2 aromatic rings. The van der Waals surface area contributed by atoms with Crippen molar-refractivity contribution in [3.63, 3.8) is 0 Å². The zero-order valence-corrected chi connectivity index (χ0v) is 9.97. The Morgan fingerprint density at radius 3 is 3.29 bits per heavy atom. The van der Waals surface area contributed by atoms with Gasteiger partial charge in [0.2, 0.25) is 0 Å². The molecule has 90 valence electrons. The molecule has 2 atom stereocenters. The Morgan fingerprint density at radius 2 is 2.47 bits per heavy atom. The monoisotopic (exact) mass is 231 g/mol. The third-order valence-corrected chi connectivity index (χ3v) is 3.44. The van der Waals surface area contributed by atoms with Crippen LogP contribution in [0, 0.1) is 0 Å². The van der Waals surface area contributed by atoms with Crippen LogP contribution in [0.2, 0.25) is 0 Å². The normalized spacial score (nSPS) is 24.5. The fraction of sp³-hybridized carbons (Fsp3) is 0.462. The van der Waals surface area contributed by atoms with E-state index in [4.69, 9.17) is 4.74 Å². The Morgan fingerprint density at radius 1 is 1.53 bits per heavy atom. The van der Waals surface area contributed by atoms with Gasteiger partial charge in [0.25, 0.3) is 0 Å². The average Bonchev–Trinajstić information content (AvgIpc) is 2.93. The van der Waals surface area contributed by atoms with Crippen LogP contribution in [-0.2, 0) is 11.3 Å². The van der Waals surface area contributed by atoms with Crippen LogP contribution in [0.3, 0.4) is 0 Å². The zero-order valence-electron chi connectivity index (χ0n) is 9.97. The molecule has 4 nitrogen and oxygen atoms in total. The molecule has 1 fully saturated rings. The van der Waals surface area contributed by atoms with Crippen molar-refractivity contribution >= 4 is 5.52 Å². The van der Waals surface area contributed by atoms with Crippen LogP contribution >= 0.6 is 0 Å². The molecule has 0 spiro atoms. The van der Waals surface area contributed by atoms with Crippen LogP contribution in [0.4, 0.5) is 0 Å². The van der Waals surface area contributed by atoms with Crippen LogP contribution in [0.1, 0.15) is 18.9 Å². The third-order valence-electron chi connectivity index (χ3n) is 3.44. The molecule has 2 unspecified atom stereocenters. The molecule has 1 N–H and O–H groups in total. The van der Waals surface area contributed by atoms with Crippen molar-refractivity contribution in [3.8, 4) is 0 Å². The first-order valence-corrected chi connectivity index (χ1v) is 6.11. The maximum Gasteiger partial charge on any atom is 0.0706 e. The summed E-state index contributed by atoms with van der Waals surface area (Å²) in [5.74, 6) is 0. The van der Waals surface area contributed by atoms with Crippen LogP contribution < -0.4 is 5.32 Å². The van der Waals surface area contributed by atoms with E-state index in [1.807, 2.05) is 29.0 Å². The summed E-state index contributed by atoms with van der Waals surface area (Å²) in [5, 5.41) is 7.88. The second-order valence-corrected chi connectivity index (χ2v) is 4.55. The molecular formula is C13H17N3O. The maximum atomic E-state index is 5.54. The van der Waals surface area contributed by atoms with E-state index in [1.54, 1.807) is 0 Å². The standard InChI is InChI=1S/C13H17N3O/c1-10-12(5-7-17-10)14-8-11-9-15-16-6-3-2-4-13(11)16/h2-4,6,9-10,12,14H,5,7-8H2,1H3. The number of ether oxygens (including phenoxy) is 1.